The van der Waals surface area contributed by atoms with Gasteiger partial charge in [0.15, 0.2) is 0 Å². The lowest BCUT2D eigenvalue weighted by Gasteiger charge is -2.47. The Labute approximate surface area is 169 Å². The van der Waals surface area contributed by atoms with E-state index in [1.807, 2.05) is 12.4 Å². The first-order valence-corrected chi connectivity index (χ1v) is 14.0. The number of fused-ring (bicyclic) bond motifs is 1. The first kappa shape index (κ1) is 19.0. The van der Waals surface area contributed by atoms with Crippen LogP contribution in [-0.2, 0) is 16.3 Å². The fourth-order valence-corrected chi connectivity index (χ4v) is 5.25. The van der Waals surface area contributed by atoms with Crippen molar-refractivity contribution < 1.29 is 9.53 Å². The minimum absolute atomic E-state index is 0.197. The van der Waals surface area contributed by atoms with Crippen LogP contribution in [0.4, 0.5) is 5.69 Å². The number of ether oxygens (including phenoxy) is 1. The molecule has 2 aliphatic heterocycles. The number of rotatable bonds is 6. The van der Waals surface area contributed by atoms with Gasteiger partial charge in [0.05, 0.1) is 15.6 Å². The van der Waals surface area contributed by atoms with Gasteiger partial charge < -0.3 is 19.5 Å². The molecule has 1 N–H and O–H groups in total. The van der Waals surface area contributed by atoms with Crippen LogP contribution < -0.4 is 10.2 Å². The summed E-state index contributed by atoms with van der Waals surface area (Å²) in [6, 6.07) is 3.26. The van der Waals surface area contributed by atoms with Crippen molar-refractivity contribution in [3.63, 3.8) is 0 Å². The van der Waals surface area contributed by atoms with Crippen molar-refractivity contribution in [2.75, 3.05) is 31.1 Å². The standard InChI is InChI=1S/C19H27BrN4O2Si/c1-27(2,3)9-8-26-13-23-7-4-14-16(15(20)10-22-17(14)23)24-11-19(12-24)5-6-21-18(19)25/h4,7,10H,5-6,8-9,11-13H2,1-3H3,(H,21,25). The number of hydrogen-bond donors (Lipinski definition) is 1. The van der Waals surface area contributed by atoms with Crippen LogP contribution >= 0.6 is 15.9 Å². The molecule has 1 spiro atoms. The maximum absolute atomic E-state index is 12.1. The fraction of sp³-hybridized carbons (Fsp3) is 0.579. The number of aromatic nitrogens is 2. The van der Waals surface area contributed by atoms with Gasteiger partial charge in [0.1, 0.15) is 12.4 Å². The van der Waals surface area contributed by atoms with Gasteiger partial charge >= 0.3 is 0 Å². The zero-order valence-corrected chi connectivity index (χ0v) is 18.8. The van der Waals surface area contributed by atoms with Crippen LogP contribution in [0.1, 0.15) is 6.42 Å². The Kier molecular flexibility index (Phi) is 4.84. The third-order valence-electron chi connectivity index (χ3n) is 5.62. The quantitative estimate of drug-likeness (QED) is 0.540. The molecule has 2 aromatic heterocycles. The highest BCUT2D eigenvalue weighted by Gasteiger charge is 2.52. The molecule has 6 nitrogen and oxygen atoms in total. The second-order valence-electron chi connectivity index (χ2n) is 8.97. The summed E-state index contributed by atoms with van der Waals surface area (Å²) in [5.74, 6) is 0.202. The van der Waals surface area contributed by atoms with Crippen LogP contribution in [-0.4, -0.2) is 49.8 Å². The molecular weight excluding hydrogens is 424 g/mol. The molecule has 2 saturated heterocycles. The molecule has 1 amide bonds. The van der Waals surface area contributed by atoms with E-state index in [9.17, 15) is 4.79 Å². The van der Waals surface area contributed by atoms with E-state index >= 15 is 0 Å². The lowest BCUT2D eigenvalue weighted by atomic mass is 9.78. The van der Waals surface area contributed by atoms with E-state index in [4.69, 9.17) is 4.74 Å². The lowest BCUT2D eigenvalue weighted by Crippen LogP contribution is -2.60. The van der Waals surface area contributed by atoms with E-state index in [0.29, 0.717) is 6.73 Å². The summed E-state index contributed by atoms with van der Waals surface area (Å²) >= 11 is 3.66. The molecule has 2 aliphatic rings. The molecule has 0 atom stereocenters. The van der Waals surface area contributed by atoms with Crippen molar-refractivity contribution in [2.45, 2.75) is 38.8 Å². The number of amides is 1. The van der Waals surface area contributed by atoms with E-state index in [-0.39, 0.29) is 11.3 Å². The van der Waals surface area contributed by atoms with Gasteiger partial charge in [0, 0.05) is 52.1 Å². The number of pyridine rings is 1. The van der Waals surface area contributed by atoms with Crippen molar-refractivity contribution in [2.24, 2.45) is 5.41 Å². The highest BCUT2D eigenvalue weighted by molar-refractivity contribution is 9.10. The summed E-state index contributed by atoms with van der Waals surface area (Å²) in [4.78, 5) is 19.0. The molecule has 0 saturated carbocycles. The molecule has 0 radical (unpaired) electrons. The van der Waals surface area contributed by atoms with Crippen LogP contribution in [0, 0.1) is 5.41 Å². The number of carbonyl (C=O) groups is 1. The first-order chi connectivity index (χ1) is 12.8. The first-order valence-electron chi connectivity index (χ1n) is 9.53. The third kappa shape index (κ3) is 3.54. The number of nitrogens with one attached hydrogen (secondary N) is 1. The maximum Gasteiger partial charge on any atom is 0.229 e. The lowest BCUT2D eigenvalue weighted by molar-refractivity contribution is -0.128. The van der Waals surface area contributed by atoms with Gasteiger partial charge in [0.25, 0.3) is 0 Å². The van der Waals surface area contributed by atoms with Crippen molar-refractivity contribution in [1.82, 2.24) is 14.9 Å². The highest BCUT2D eigenvalue weighted by Crippen LogP contribution is 2.44. The number of anilines is 1. The average Bonchev–Trinajstić information content (AvgIpc) is 3.13. The van der Waals surface area contributed by atoms with Gasteiger partial charge in [-0.25, -0.2) is 4.98 Å². The fourth-order valence-electron chi connectivity index (χ4n) is 3.93. The SMILES string of the molecule is C[Si](C)(C)CCOCn1ccc2c(N3CC4(CCNC4=O)C3)c(Br)cnc21. The summed E-state index contributed by atoms with van der Waals surface area (Å²) in [7, 11) is -1.08. The second kappa shape index (κ2) is 6.90. The molecule has 27 heavy (non-hydrogen) atoms. The zero-order valence-electron chi connectivity index (χ0n) is 16.2. The topological polar surface area (TPSA) is 59.4 Å². The molecule has 0 aromatic carbocycles. The number of halogens is 1. The molecular formula is C19H27BrN4O2Si. The summed E-state index contributed by atoms with van der Waals surface area (Å²) in [6.45, 7) is 10.7. The summed E-state index contributed by atoms with van der Waals surface area (Å²) < 4.78 is 8.94. The third-order valence-corrected chi connectivity index (χ3v) is 7.90. The maximum atomic E-state index is 12.1. The predicted octanol–water partition coefficient (Wildman–Crippen LogP) is 3.44. The van der Waals surface area contributed by atoms with Crippen molar-refractivity contribution in [3.8, 4) is 0 Å². The Morgan fingerprint density at radius 2 is 2.15 bits per heavy atom. The molecule has 8 heteroatoms. The Morgan fingerprint density at radius 3 is 2.81 bits per heavy atom. The van der Waals surface area contributed by atoms with Crippen LogP contribution in [0.25, 0.3) is 11.0 Å². The van der Waals surface area contributed by atoms with E-state index in [1.165, 1.54) is 0 Å². The van der Waals surface area contributed by atoms with E-state index in [0.717, 1.165) is 59.9 Å². The van der Waals surface area contributed by atoms with Gasteiger partial charge in [-0.3, -0.25) is 4.79 Å². The van der Waals surface area contributed by atoms with Crippen LogP contribution in [0.5, 0.6) is 0 Å². The average molecular weight is 451 g/mol. The molecule has 2 fully saturated rings. The van der Waals surface area contributed by atoms with Gasteiger partial charge in [-0.05, 0) is 34.5 Å². The highest BCUT2D eigenvalue weighted by atomic mass is 79.9. The Bertz CT molecular complexity index is 870. The van der Waals surface area contributed by atoms with Crippen LogP contribution in [0.15, 0.2) is 22.9 Å². The summed E-state index contributed by atoms with van der Waals surface area (Å²) in [5.41, 5.74) is 1.86. The van der Waals surface area contributed by atoms with Gasteiger partial charge in [-0.1, -0.05) is 19.6 Å². The Hall–Kier alpha value is -1.38. The van der Waals surface area contributed by atoms with E-state index in [2.05, 4.69) is 61.4 Å². The van der Waals surface area contributed by atoms with Crippen LogP contribution in [0.2, 0.25) is 25.7 Å². The Balaban J connectivity index is 1.50. The van der Waals surface area contributed by atoms with Crippen molar-refractivity contribution >= 4 is 46.6 Å². The van der Waals surface area contributed by atoms with Crippen LogP contribution in [0.3, 0.4) is 0 Å². The van der Waals surface area contributed by atoms with E-state index < -0.39 is 8.07 Å². The van der Waals surface area contributed by atoms with E-state index in [1.54, 1.807) is 0 Å². The monoisotopic (exact) mass is 450 g/mol. The van der Waals surface area contributed by atoms with Gasteiger partial charge in [-0.15, -0.1) is 0 Å². The number of carbonyl (C=O) groups excluding carboxylic acids is 1. The molecule has 0 aliphatic carbocycles. The smallest absolute Gasteiger partial charge is 0.229 e. The normalized spacial score (nSPS) is 19.0. The molecule has 0 unspecified atom stereocenters. The minimum Gasteiger partial charge on any atom is -0.368 e. The van der Waals surface area contributed by atoms with Gasteiger partial charge in [-0.2, -0.15) is 0 Å². The molecule has 4 rings (SSSR count). The molecule has 2 aromatic rings. The summed E-state index contributed by atoms with van der Waals surface area (Å²) in [6.07, 6.45) is 4.83. The van der Waals surface area contributed by atoms with Crippen molar-refractivity contribution in [3.05, 3.63) is 22.9 Å². The Morgan fingerprint density at radius 1 is 1.37 bits per heavy atom. The van der Waals surface area contributed by atoms with Gasteiger partial charge in [0.2, 0.25) is 5.91 Å². The largest absolute Gasteiger partial charge is 0.368 e. The number of nitrogens with zero attached hydrogens (tertiary/aromatic N) is 3. The minimum atomic E-state index is -1.08. The zero-order chi connectivity index (χ0) is 19.2. The molecule has 146 valence electrons. The molecule has 0 bridgehead atoms. The predicted molar refractivity (Wildman–Crippen MR) is 114 cm³/mol. The molecule has 4 heterocycles. The summed E-state index contributed by atoms with van der Waals surface area (Å²) in [5, 5.41) is 4.08. The number of hydrogen-bond acceptors (Lipinski definition) is 4. The van der Waals surface area contributed by atoms with Crippen molar-refractivity contribution in [1.29, 1.82) is 0 Å². The second-order valence-corrected chi connectivity index (χ2v) is 15.4.